The van der Waals surface area contributed by atoms with Gasteiger partial charge < -0.3 is 16.4 Å². The number of carbonyl (C=O) groups is 1. The molecule has 1 aromatic carbocycles. The fourth-order valence-corrected chi connectivity index (χ4v) is 2.96. The molecule has 0 saturated carbocycles. The van der Waals surface area contributed by atoms with E-state index in [1.807, 2.05) is 12.1 Å². The van der Waals surface area contributed by atoms with Crippen LogP contribution in [0.1, 0.15) is 25.3 Å². The highest BCUT2D eigenvalue weighted by Gasteiger charge is 2.30. The highest BCUT2D eigenvalue weighted by Crippen LogP contribution is 2.32. The quantitative estimate of drug-likeness (QED) is 0.838. The molecule has 0 aromatic heterocycles. The van der Waals surface area contributed by atoms with Gasteiger partial charge in [-0.2, -0.15) is 0 Å². The van der Waals surface area contributed by atoms with Crippen molar-refractivity contribution < 1.29 is 4.79 Å². The molecule has 1 saturated heterocycles. The molecule has 20 heavy (non-hydrogen) atoms. The van der Waals surface area contributed by atoms with E-state index in [-0.39, 0.29) is 17.9 Å². The summed E-state index contributed by atoms with van der Waals surface area (Å²) in [6.07, 6.45) is 1.72. The van der Waals surface area contributed by atoms with Crippen LogP contribution in [0.3, 0.4) is 0 Å². The van der Waals surface area contributed by atoms with Crippen molar-refractivity contribution in [3.63, 3.8) is 0 Å². The second kappa shape index (κ2) is 5.97. The third kappa shape index (κ3) is 3.04. The van der Waals surface area contributed by atoms with Gasteiger partial charge in [0.1, 0.15) is 4.99 Å². The minimum absolute atomic E-state index is 0.149. The van der Waals surface area contributed by atoms with Crippen LogP contribution in [-0.2, 0) is 4.79 Å². The molecule has 1 fully saturated rings. The number of benzene rings is 1. The molecule has 0 aliphatic carbocycles. The van der Waals surface area contributed by atoms with Gasteiger partial charge in [-0.3, -0.25) is 4.79 Å². The molecular weight excluding hydrogens is 294 g/mol. The van der Waals surface area contributed by atoms with E-state index < -0.39 is 0 Å². The van der Waals surface area contributed by atoms with E-state index in [9.17, 15) is 4.79 Å². The lowest BCUT2D eigenvalue weighted by Crippen LogP contribution is -2.46. The second-order valence-corrected chi connectivity index (χ2v) is 6.08. The maximum atomic E-state index is 11.4. The smallest absolute Gasteiger partial charge is 0.222 e. The molecule has 2 unspecified atom stereocenters. The molecule has 108 valence electrons. The fourth-order valence-electron chi connectivity index (χ4n) is 2.63. The van der Waals surface area contributed by atoms with Gasteiger partial charge in [0.15, 0.2) is 0 Å². The van der Waals surface area contributed by atoms with E-state index in [1.165, 1.54) is 0 Å². The Hall–Kier alpha value is -1.33. The summed E-state index contributed by atoms with van der Waals surface area (Å²) in [5, 5.41) is 0.619. The highest BCUT2D eigenvalue weighted by molar-refractivity contribution is 7.80. The lowest BCUT2D eigenvalue weighted by atomic mass is 9.92. The van der Waals surface area contributed by atoms with Crippen LogP contribution in [-0.4, -0.2) is 23.5 Å². The standard InChI is InChI=1S/C14H18ClN3OS/c1-8-2-3-9(13(16)19)7-18(8)12-6-10(15)4-5-11(12)14(17)20/h4-6,8-9H,2-3,7H2,1H3,(H2,16,19)(H2,17,20). The molecule has 1 aromatic rings. The summed E-state index contributed by atoms with van der Waals surface area (Å²) >= 11 is 11.2. The summed E-state index contributed by atoms with van der Waals surface area (Å²) < 4.78 is 0. The first-order valence-electron chi connectivity index (χ1n) is 6.55. The van der Waals surface area contributed by atoms with E-state index in [0.29, 0.717) is 16.6 Å². The van der Waals surface area contributed by atoms with E-state index in [2.05, 4.69) is 11.8 Å². The Bertz CT molecular complexity index is 549. The van der Waals surface area contributed by atoms with Gasteiger partial charge >= 0.3 is 0 Å². The van der Waals surface area contributed by atoms with Gasteiger partial charge in [-0.25, -0.2) is 0 Å². The average molecular weight is 312 g/mol. The number of nitrogens with zero attached hydrogens (tertiary/aromatic N) is 1. The zero-order chi connectivity index (χ0) is 14.9. The first kappa shape index (κ1) is 15.1. The topological polar surface area (TPSA) is 72.4 Å². The van der Waals surface area contributed by atoms with E-state index in [0.717, 1.165) is 24.1 Å². The lowest BCUT2D eigenvalue weighted by Gasteiger charge is -2.39. The number of rotatable bonds is 3. The van der Waals surface area contributed by atoms with E-state index in [1.54, 1.807) is 6.07 Å². The van der Waals surface area contributed by atoms with E-state index in [4.69, 9.17) is 35.3 Å². The molecule has 1 heterocycles. The number of halogens is 1. The third-order valence-corrected chi connectivity index (χ3v) is 4.27. The van der Waals surface area contributed by atoms with Crippen molar-refractivity contribution in [2.24, 2.45) is 17.4 Å². The van der Waals surface area contributed by atoms with E-state index >= 15 is 0 Å². The predicted molar refractivity (Wildman–Crippen MR) is 86.1 cm³/mol. The number of hydrogen-bond donors (Lipinski definition) is 2. The maximum absolute atomic E-state index is 11.4. The molecule has 2 atom stereocenters. The molecule has 1 aliphatic rings. The largest absolute Gasteiger partial charge is 0.389 e. The third-order valence-electron chi connectivity index (χ3n) is 3.82. The maximum Gasteiger partial charge on any atom is 0.222 e. The minimum atomic E-state index is -0.263. The molecule has 0 bridgehead atoms. The number of thiocarbonyl (C=S) groups is 1. The first-order valence-corrected chi connectivity index (χ1v) is 7.34. The molecule has 2 rings (SSSR count). The molecule has 1 aliphatic heterocycles. The van der Waals surface area contributed by atoms with Crippen LogP contribution in [0.25, 0.3) is 0 Å². The van der Waals surface area contributed by atoms with Crippen LogP contribution in [0.15, 0.2) is 18.2 Å². The number of piperidine rings is 1. The monoisotopic (exact) mass is 311 g/mol. The SMILES string of the molecule is CC1CCC(C(N)=O)CN1c1cc(Cl)ccc1C(N)=S. The van der Waals surface area contributed by atoms with Gasteiger partial charge in [0.05, 0.1) is 5.92 Å². The van der Waals surface area contributed by atoms with Crippen LogP contribution in [0.5, 0.6) is 0 Å². The van der Waals surface area contributed by atoms with Gasteiger partial charge in [0, 0.05) is 28.9 Å². The normalized spacial score (nSPS) is 22.6. The Morgan fingerprint density at radius 3 is 2.70 bits per heavy atom. The summed E-state index contributed by atoms with van der Waals surface area (Å²) in [6, 6.07) is 5.72. The number of primary amides is 1. The van der Waals surface area contributed by atoms with Crippen molar-refractivity contribution in [3.05, 3.63) is 28.8 Å². The van der Waals surface area contributed by atoms with Gasteiger partial charge in [-0.05, 0) is 38.0 Å². The van der Waals surface area contributed by atoms with Crippen LogP contribution >= 0.6 is 23.8 Å². The van der Waals surface area contributed by atoms with Crippen LogP contribution in [0.2, 0.25) is 5.02 Å². The van der Waals surface area contributed by atoms with Gasteiger partial charge in [-0.15, -0.1) is 0 Å². The number of amides is 1. The summed E-state index contributed by atoms with van der Waals surface area (Å²) in [5.74, 6) is -0.412. The number of nitrogens with two attached hydrogens (primary N) is 2. The molecule has 4 N–H and O–H groups in total. The van der Waals surface area contributed by atoms with Crippen LogP contribution in [0.4, 0.5) is 5.69 Å². The zero-order valence-electron chi connectivity index (χ0n) is 11.3. The van der Waals surface area contributed by atoms with Crippen molar-refractivity contribution in [2.45, 2.75) is 25.8 Å². The molecule has 0 radical (unpaired) electrons. The summed E-state index contributed by atoms with van der Waals surface area (Å²) in [4.78, 5) is 13.9. The van der Waals surface area contributed by atoms with Crippen molar-refractivity contribution in [1.82, 2.24) is 0 Å². The Balaban J connectivity index is 2.40. The van der Waals surface area contributed by atoms with Gasteiger partial charge in [-0.1, -0.05) is 23.8 Å². The predicted octanol–water partition coefficient (Wildman–Crippen LogP) is 2.06. The summed E-state index contributed by atoms with van der Waals surface area (Å²) in [5.41, 5.74) is 12.9. The Kier molecular flexibility index (Phi) is 4.50. The van der Waals surface area contributed by atoms with Gasteiger partial charge in [0.2, 0.25) is 5.91 Å². The molecular formula is C14H18ClN3OS. The first-order chi connectivity index (χ1) is 9.40. The van der Waals surface area contributed by atoms with Gasteiger partial charge in [0.25, 0.3) is 0 Å². The van der Waals surface area contributed by atoms with Crippen molar-refractivity contribution >= 4 is 40.4 Å². The molecule has 6 heteroatoms. The summed E-state index contributed by atoms with van der Waals surface area (Å²) in [7, 11) is 0. The van der Waals surface area contributed by atoms with Crippen molar-refractivity contribution in [2.75, 3.05) is 11.4 Å². The zero-order valence-corrected chi connectivity index (χ0v) is 12.9. The molecule has 4 nitrogen and oxygen atoms in total. The molecule has 1 amide bonds. The number of anilines is 1. The number of hydrogen-bond acceptors (Lipinski definition) is 3. The summed E-state index contributed by atoms with van der Waals surface area (Å²) in [6.45, 7) is 2.69. The van der Waals surface area contributed by atoms with Crippen LogP contribution in [0, 0.1) is 5.92 Å². The average Bonchev–Trinajstić information content (AvgIpc) is 2.38. The Morgan fingerprint density at radius 1 is 1.40 bits per heavy atom. The van der Waals surface area contributed by atoms with Crippen LogP contribution < -0.4 is 16.4 Å². The highest BCUT2D eigenvalue weighted by atomic mass is 35.5. The minimum Gasteiger partial charge on any atom is -0.389 e. The van der Waals surface area contributed by atoms with Crippen molar-refractivity contribution in [3.8, 4) is 0 Å². The number of carbonyl (C=O) groups excluding carboxylic acids is 1. The lowest BCUT2D eigenvalue weighted by molar-refractivity contribution is -0.122. The molecule has 0 spiro atoms. The Morgan fingerprint density at radius 2 is 2.10 bits per heavy atom. The fraction of sp³-hybridized carbons (Fsp3) is 0.429. The second-order valence-electron chi connectivity index (χ2n) is 5.20. The van der Waals surface area contributed by atoms with Crippen molar-refractivity contribution in [1.29, 1.82) is 0 Å². The Labute approximate surface area is 129 Å².